The van der Waals surface area contributed by atoms with Gasteiger partial charge in [0.2, 0.25) is 0 Å². The number of hydrogen-bond acceptors (Lipinski definition) is 4. The predicted molar refractivity (Wildman–Crippen MR) is 141 cm³/mol. The van der Waals surface area contributed by atoms with Crippen molar-refractivity contribution in [3.63, 3.8) is 0 Å². The van der Waals surface area contributed by atoms with E-state index in [4.69, 9.17) is 4.74 Å². The number of H-pyrrole nitrogens is 1. The Morgan fingerprint density at radius 3 is 2.49 bits per heavy atom. The first-order chi connectivity index (χ1) is 17.9. The van der Waals surface area contributed by atoms with Gasteiger partial charge in [-0.2, -0.15) is 0 Å². The molecule has 1 aromatic heterocycles. The molecule has 4 amide bonds. The molecule has 2 aromatic carbocycles. The van der Waals surface area contributed by atoms with Gasteiger partial charge >= 0.3 is 6.03 Å². The summed E-state index contributed by atoms with van der Waals surface area (Å²) < 4.78 is 5.40. The maximum atomic E-state index is 13.9. The van der Waals surface area contributed by atoms with Crippen LogP contribution in [-0.2, 0) is 16.8 Å². The molecule has 37 heavy (non-hydrogen) atoms. The Kier molecular flexibility index (Phi) is 5.70. The molecule has 8 nitrogen and oxygen atoms in total. The van der Waals surface area contributed by atoms with Gasteiger partial charge < -0.3 is 19.9 Å². The van der Waals surface area contributed by atoms with Crippen molar-refractivity contribution in [2.75, 3.05) is 18.6 Å². The Morgan fingerprint density at radius 2 is 1.78 bits per heavy atom. The molecule has 192 valence electrons. The van der Waals surface area contributed by atoms with E-state index in [1.807, 2.05) is 25.1 Å². The molecule has 1 aliphatic carbocycles. The SMILES string of the molecule is COc1ccc2[nH]c3c(c2c1)CCN1C(=O)N(c2ccc(C(=O)NC4CCCCCC4)cc2)C(=O)[C@]31C. The number of hydrogen-bond donors (Lipinski definition) is 2. The number of benzene rings is 2. The standard InChI is InChI=1S/C29H32N4O4/c1-29-25-22(23-17-21(37-2)13-14-24(23)31-25)15-16-32(29)28(36)33(27(29)35)20-11-9-18(10-12-20)26(34)30-19-7-5-3-4-6-8-19/h9-14,17,19,31H,3-8,15-16H2,1-2H3,(H,30,34)/t29-/m0/s1. The first kappa shape index (κ1) is 23.6. The summed E-state index contributed by atoms with van der Waals surface area (Å²) in [4.78, 5) is 46.5. The van der Waals surface area contributed by atoms with Crippen molar-refractivity contribution in [2.24, 2.45) is 0 Å². The van der Waals surface area contributed by atoms with E-state index in [1.54, 1.807) is 36.3 Å². The van der Waals surface area contributed by atoms with Crippen LogP contribution in [0.5, 0.6) is 5.75 Å². The summed E-state index contributed by atoms with van der Waals surface area (Å²) in [6.45, 7) is 2.25. The van der Waals surface area contributed by atoms with Gasteiger partial charge in [-0.25, -0.2) is 9.69 Å². The molecule has 8 heteroatoms. The van der Waals surface area contributed by atoms with Gasteiger partial charge in [-0.3, -0.25) is 9.59 Å². The quantitative estimate of drug-likeness (QED) is 0.395. The van der Waals surface area contributed by atoms with Gasteiger partial charge in [0.1, 0.15) is 5.75 Å². The van der Waals surface area contributed by atoms with Gasteiger partial charge in [0, 0.05) is 29.1 Å². The van der Waals surface area contributed by atoms with Gasteiger partial charge in [0.25, 0.3) is 11.8 Å². The van der Waals surface area contributed by atoms with E-state index in [0.29, 0.717) is 24.2 Å². The lowest BCUT2D eigenvalue weighted by Gasteiger charge is -2.35. The predicted octanol–water partition coefficient (Wildman–Crippen LogP) is 4.87. The van der Waals surface area contributed by atoms with Crippen LogP contribution in [0, 0.1) is 0 Å². The number of nitrogens with one attached hydrogen (secondary N) is 2. The van der Waals surface area contributed by atoms with Gasteiger partial charge in [-0.1, -0.05) is 25.7 Å². The molecule has 3 aromatic rings. The lowest BCUT2D eigenvalue weighted by molar-refractivity contribution is -0.125. The minimum Gasteiger partial charge on any atom is -0.497 e. The van der Waals surface area contributed by atoms with Crippen LogP contribution in [0.15, 0.2) is 42.5 Å². The fraction of sp³-hybridized carbons (Fsp3) is 0.414. The molecule has 2 N–H and O–H groups in total. The molecule has 1 atom stereocenters. The van der Waals surface area contributed by atoms with Crippen LogP contribution in [0.1, 0.15) is 67.1 Å². The van der Waals surface area contributed by atoms with Crippen LogP contribution in [0.3, 0.4) is 0 Å². The van der Waals surface area contributed by atoms with Crippen LogP contribution in [0.2, 0.25) is 0 Å². The molecule has 0 unspecified atom stereocenters. The summed E-state index contributed by atoms with van der Waals surface area (Å²) in [7, 11) is 1.63. The lowest BCUT2D eigenvalue weighted by Crippen LogP contribution is -2.49. The topological polar surface area (TPSA) is 94.7 Å². The molecule has 0 radical (unpaired) electrons. The van der Waals surface area contributed by atoms with Crippen molar-refractivity contribution >= 4 is 34.4 Å². The highest BCUT2D eigenvalue weighted by atomic mass is 16.5. The summed E-state index contributed by atoms with van der Waals surface area (Å²) in [5.74, 6) is 0.341. The third-order valence-corrected chi connectivity index (χ3v) is 8.35. The number of carbonyl (C=O) groups excluding carboxylic acids is 3. The first-order valence-electron chi connectivity index (χ1n) is 13.2. The third kappa shape index (κ3) is 3.69. The van der Waals surface area contributed by atoms with E-state index < -0.39 is 5.54 Å². The minimum atomic E-state index is -1.13. The summed E-state index contributed by atoms with van der Waals surface area (Å²) >= 11 is 0. The highest BCUT2D eigenvalue weighted by molar-refractivity contribution is 6.23. The van der Waals surface area contributed by atoms with Crippen molar-refractivity contribution in [1.82, 2.24) is 15.2 Å². The average Bonchev–Trinajstić information content (AvgIpc) is 3.22. The van der Waals surface area contributed by atoms with Crippen molar-refractivity contribution in [3.05, 3.63) is 59.3 Å². The van der Waals surface area contributed by atoms with E-state index in [0.717, 1.165) is 53.6 Å². The number of fused-ring (bicyclic) bond motifs is 5. The molecule has 3 heterocycles. The molecule has 1 saturated heterocycles. The number of nitrogens with zero attached hydrogens (tertiary/aromatic N) is 2. The second-order valence-electron chi connectivity index (χ2n) is 10.5. The van der Waals surface area contributed by atoms with E-state index in [-0.39, 0.29) is 23.9 Å². The average molecular weight is 501 g/mol. The first-order valence-corrected chi connectivity index (χ1v) is 13.2. The number of amides is 4. The van der Waals surface area contributed by atoms with Crippen LogP contribution in [-0.4, -0.2) is 47.4 Å². The summed E-state index contributed by atoms with van der Waals surface area (Å²) in [6.07, 6.45) is 7.40. The Hall–Kier alpha value is -3.81. The number of aromatic amines is 1. The maximum Gasteiger partial charge on any atom is 0.332 e. The second-order valence-corrected chi connectivity index (χ2v) is 10.5. The zero-order valence-electron chi connectivity index (χ0n) is 21.3. The maximum absolute atomic E-state index is 13.9. The van der Waals surface area contributed by atoms with Crippen LogP contribution in [0.4, 0.5) is 10.5 Å². The van der Waals surface area contributed by atoms with Crippen LogP contribution >= 0.6 is 0 Å². The van der Waals surface area contributed by atoms with E-state index in [2.05, 4.69) is 10.3 Å². The van der Waals surface area contributed by atoms with Crippen molar-refractivity contribution in [3.8, 4) is 5.75 Å². The number of methoxy groups -OCH3 is 1. The molecule has 6 rings (SSSR count). The number of carbonyl (C=O) groups is 3. The normalized spacial score (nSPS) is 22.1. The Balaban J connectivity index is 1.28. The minimum absolute atomic E-state index is 0.111. The number of urea groups is 1. The summed E-state index contributed by atoms with van der Waals surface area (Å²) in [5.41, 5.74) is 2.57. The van der Waals surface area contributed by atoms with E-state index in [9.17, 15) is 14.4 Å². The molecular formula is C29H32N4O4. The van der Waals surface area contributed by atoms with Crippen molar-refractivity contribution in [1.29, 1.82) is 0 Å². The Morgan fingerprint density at radius 1 is 1.05 bits per heavy atom. The highest BCUT2D eigenvalue weighted by Gasteiger charge is 2.59. The molecule has 2 fully saturated rings. The number of imide groups is 1. The number of aromatic nitrogens is 1. The highest BCUT2D eigenvalue weighted by Crippen LogP contribution is 2.45. The Bertz CT molecular complexity index is 1390. The van der Waals surface area contributed by atoms with E-state index >= 15 is 0 Å². The largest absolute Gasteiger partial charge is 0.497 e. The Labute approximate surface area is 216 Å². The van der Waals surface area contributed by atoms with Crippen LogP contribution < -0.4 is 15.0 Å². The molecule has 2 aliphatic heterocycles. The van der Waals surface area contributed by atoms with Gasteiger partial charge in [-0.05, 0) is 74.2 Å². The summed E-state index contributed by atoms with van der Waals surface area (Å²) in [5, 5.41) is 4.16. The number of ether oxygens (including phenoxy) is 1. The molecule has 3 aliphatic rings. The lowest BCUT2D eigenvalue weighted by atomic mass is 9.87. The molecule has 0 spiro atoms. The van der Waals surface area contributed by atoms with E-state index in [1.165, 1.54) is 17.7 Å². The summed E-state index contributed by atoms with van der Waals surface area (Å²) in [6, 6.07) is 12.4. The zero-order chi connectivity index (χ0) is 25.7. The number of anilines is 1. The van der Waals surface area contributed by atoms with Crippen molar-refractivity contribution in [2.45, 2.75) is 63.5 Å². The monoisotopic (exact) mass is 500 g/mol. The van der Waals surface area contributed by atoms with Crippen molar-refractivity contribution < 1.29 is 19.1 Å². The molecule has 1 saturated carbocycles. The van der Waals surface area contributed by atoms with Gasteiger partial charge in [0.05, 0.1) is 18.5 Å². The van der Waals surface area contributed by atoms with Gasteiger partial charge in [-0.15, -0.1) is 0 Å². The smallest absolute Gasteiger partial charge is 0.332 e. The molecular weight excluding hydrogens is 468 g/mol. The number of rotatable bonds is 4. The van der Waals surface area contributed by atoms with Gasteiger partial charge in [0.15, 0.2) is 5.54 Å². The zero-order valence-corrected chi connectivity index (χ0v) is 21.3. The van der Waals surface area contributed by atoms with Crippen LogP contribution in [0.25, 0.3) is 10.9 Å². The third-order valence-electron chi connectivity index (χ3n) is 8.35. The fourth-order valence-corrected chi connectivity index (χ4v) is 6.23. The molecule has 0 bridgehead atoms. The second kappa shape index (κ2) is 8.94. The fourth-order valence-electron chi connectivity index (χ4n) is 6.23.